The molecule has 1 heterocycles. The molecule has 0 saturated carbocycles. The largest absolute Gasteiger partial charge is 0.372 e. The molecule has 1 aromatic heterocycles. The van der Waals surface area contributed by atoms with E-state index in [9.17, 15) is 0 Å². The van der Waals surface area contributed by atoms with E-state index >= 15 is 0 Å². The number of hydrogen-bond acceptors (Lipinski definition) is 3. The second kappa shape index (κ2) is 7.36. The minimum Gasteiger partial charge on any atom is -0.372 e. The van der Waals surface area contributed by atoms with E-state index in [0.717, 1.165) is 44.6 Å². The molecule has 20 heavy (non-hydrogen) atoms. The predicted octanol–water partition coefficient (Wildman–Crippen LogP) is 4.43. The van der Waals surface area contributed by atoms with Gasteiger partial charge >= 0.3 is 0 Å². The molecule has 1 aromatic carbocycles. The Kier molecular flexibility index (Phi) is 5.77. The summed E-state index contributed by atoms with van der Waals surface area (Å²) < 4.78 is 2.22. The van der Waals surface area contributed by atoms with Gasteiger partial charge in [0.15, 0.2) is 0 Å². The molecule has 3 nitrogen and oxygen atoms in total. The van der Waals surface area contributed by atoms with Crippen molar-refractivity contribution in [2.45, 2.75) is 26.2 Å². The molecule has 0 radical (unpaired) electrons. The van der Waals surface area contributed by atoms with Crippen LogP contribution in [0.1, 0.15) is 30.4 Å². The minimum absolute atomic E-state index is 0.760. The fourth-order valence-corrected chi connectivity index (χ4v) is 3.02. The Morgan fingerprint density at radius 3 is 2.50 bits per heavy atom. The zero-order valence-electron chi connectivity index (χ0n) is 11.6. The number of anilines is 1. The summed E-state index contributed by atoms with van der Waals surface area (Å²) in [7, 11) is 1.91. The van der Waals surface area contributed by atoms with E-state index in [1.807, 2.05) is 19.2 Å². The molecule has 0 aliphatic rings. The van der Waals surface area contributed by atoms with Gasteiger partial charge in [-0.3, -0.25) is 0 Å². The average Bonchev–Trinajstić information content (AvgIpc) is 2.45. The third-order valence-electron chi connectivity index (χ3n) is 2.97. The topological polar surface area (TPSA) is 37.8 Å². The maximum absolute atomic E-state index is 4.72. The summed E-state index contributed by atoms with van der Waals surface area (Å²) in [6, 6.07) is 8.30. The zero-order chi connectivity index (χ0) is 14.5. The lowest BCUT2D eigenvalue weighted by Crippen LogP contribution is -2.08. The van der Waals surface area contributed by atoms with Gasteiger partial charge in [-0.2, -0.15) is 0 Å². The summed E-state index contributed by atoms with van der Waals surface area (Å²) in [4.78, 5) is 9.33. The van der Waals surface area contributed by atoms with E-state index in [1.165, 1.54) is 5.56 Å². The highest BCUT2D eigenvalue weighted by atomic mass is 127. The molecule has 2 rings (SSSR count). The zero-order valence-corrected chi connectivity index (χ0v) is 15.3. The lowest BCUT2D eigenvalue weighted by Gasteiger charge is -2.11. The van der Waals surface area contributed by atoms with E-state index in [-0.39, 0.29) is 0 Å². The summed E-state index contributed by atoms with van der Waals surface area (Å²) in [5.41, 5.74) is 2.36. The van der Waals surface area contributed by atoms with Crippen molar-refractivity contribution in [2.75, 3.05) is 12.4 Å². The van der Waals surface area contributed by atoms with Crippen molar-refractivity contribution in [3.63, 3.8) is 0 Å². The average molecular weight is 446 g/mol. The molecule has 0 aliphatic carbocycles. The fourth-order valence-electron chi connectivity index (χ4n) is 1.98. The SMILES string of the molecule is CCCc1nc(Cc2ccc(Br)cc2)nc(NC)c1I. The number of aromatic nitrogens is 2. The van der Waals surface area contributed by atoms with Crippen LogP contribution in [-0.2, 0) is 12.8 Å². The first-order valence-electron chi connectivity index (χ1n) is 6.61. The lowest BCUT2D eigenvalue weighted by atomic mass is 10.1. The number of aryl methyl sites for hydroxylation is 1. The molecule has 0 fully saturated rings. The van der Waals surface area contributed by atoms with Crippen molar-refractivity contribution in [2.24, 2.45) is 0 Å². The Labute approximate surface area is 141 Å². The first-order chi connectivity index (χ1) is 9.63. The minimum atomic E-state index is 0.760. The highest BCUT2D eigenvalue weighted by Gasteiger charge is 2.11. The number of benzene rings is 1. The Bertz CT molecular complexity index is 584. The van der Waals surface area contributed by atoms with E-state index in [1.54, 1.807) is 0 Å². The quantitative estimate of drug-likeness (QED) is 0.692. The Balaban J connectivity index is 2.31. The van der Waals surface area contributed by atoms with Crippen LogP contribution in [0.4, 0.5) is 5.82 Å². The maximum Gasteiger partial charge on any atom is 0.143 e. The van der Waals surface area contributed by atoms with Crippen LogP contribution in [0.15, 0.2) is 28.7 Å². The summed E-state index contributed by atoms with van der Waals surface area (Å²) in [6.07, 6.45) is 2.84. The van der Waals surface area contributed by atoms with Crippen molar-refractivity contribution in [1.82, 2.24) is 9.97 Å². The van der Waals surface area contributed by atoms with Crippen LogP contribution in [0.25, 0.3) is 0 Å². The van der Waals surface area contributed by atoms with Crippen molar-refractivity contribution in [3.8, 4) is 0 Å². The number of nitrogens with zero attached hydrogens (tertiary/aromatic N) is 2. The number of rotatable bonds is 5. The summed E-state index contributed by atoms with van der Waals surface area (Å²) in [5, 5.41) is 3.16. The smallest absolute Gasteiger partial charge is 0.143 e. The third kappa shape index (κ3) is 3.91. The standard InChI is InChI=1S/C15H17BrIN3/c1-3-4-12-14(17)15(18-2)20-13(19-12)9-10-5-7-11(16)8-6-10/h5-8H,3-4,9H2,1-2H3,(H,18,19,20). The lowest BCUT2D eigenvalue weighted by molar-refractivity contribution is 0.834. The fraction of sp³-hybridized carbons (Fsp3) is 0.333. The molecule has 0 spiro atoms. The molecule has 5 heteroatoms. The molecule has 0 saturated heterocycles. The van der Waals surface area contributed by atoms with Gasteiger partial charge in [0.05, 0.1) is 9.26 Å². The number of hydrogen-bond donors (Lipinski definition) is 1. The van der Waals surface area contributed by atoms with Crippen LogP contribution < -0.4 is 5.32 Å². The molecule has 0 aliphatic heterocycles. The van der Waals surface area contributed by atoms with E-state index in [0.29, 0.717) is 0 Å². The van der Waals surface area contributed by atoms with Gasteiger partial charge in [0.1, 0.15) is 11.6 Å². The Morgan fingerprint density at radius 2 is 1.90 bits per heavy atom. The van der Waals surface area contributed by atoms with E-state index in [4.69, 9.17) is 4.98 Å². The molecule has 1 N–H and O–H groups in total. The Morgan fingerprint density at radius 1 is 1.20 bits per heavy atom. The van der Waals surface area contributed by atoms with Crippen LogP contribution in [0, 0.1) is 3.57 Å². The van der Waals surface area contributed by atoms with E-state index in [2.05, 4.69) is 67.9 Å². The van der Waals surface area contributed by atoms with Gasteiger partial charge in [-0.15, -0.1) is 0 Å². The van der Waals surface area contributed by atoms with Crippen molar-refractivity contribution in [3.05, 3.63) is 49.4 Å². The third-order valence-corrected chi connectivity index (χ3v) is 4.63. The van der Waals surface area contributed by atoms with Crippen molar-refractivity contribution in [1.29, 1.82) is 0 Å². The van der Waals surface area contributed by atoms with Crippen LogP contribution in [0.3, 0.4) is 0 Å². The monoisotopic (exact) mass is 445 g/mol. The highest BCUT2D eigenvalue weighted by Crippen LogP contribution is 2.21. The second-order valence-corrected chi connectivity index (χ2v) is 6.55. The van der Waals surface area contributed by atoms with Gasteiger partial charge in [-0.1, -0.05) is 41.4 Å². The first-order valence-corrected chi connectivity index (χ1v) is 8.48. The molecule has 0 unspecified atom stereocenters. The van der Waals surface area contributed by atoms with Crippen LogP contribution in [0.5, 0.6) is 0 Å². The molecule has 106 valence electrons. The Hall–Kier alpha value is -0.690. The van der Waals surface area contributed by atoms with Crippen LogP contribution in [-0.4, -0.2) is 17.0 Å². The molecule has 0 bridgehead atoms. The maximum atomic E-state index is 4.72. The normalized spacial score (nSPS) is 10.6. The van der Waals surface area contributed by atoms with Crippen molar-refractivity contribution < 1.29 is 0 Å². The predicted molar refractivity (Wildman–Crippen MR) is 95.2 cm³/mol. The van der Waals surface area contributed by atoms with Gasteiger partial charge in [-0.25, -0.2) is 9.97 Å². The molecule has 2 aromatic rings. The summed E-state index contributed by atoms with van der Waals surface area (Å²) in [5.74, 6) is 1.80. The van der Waals surface area contributed by atoms with Crippen LogP contribution in [0.2, 0.25) is 0 Å². The molecular weight excluding hydrogens is 429 g/mol. The van der Waals surface area contributed by atoms with Gasteiger partial charge in [0.2, 0.25) is 0 Å². The van der Waals surface area contributed by atoms with Gasteiger partial charge in [0, 0.05) is 17.9 Å². The van der Waals surface area contributed by atoms with Crippen molar-refractivity contribution >= 4 is 44.3 Å². The van der Waals surface area contributed by atoms with E-state index < -0.39 is 0 Å². The molecule has 0 atom stereocenters. The number of halogens is 2. The van der Waals surface area contributed by atoms with Gasteiger partial charge < -0.3 is 5.32 Å². The van der Waals surface area contributed by atoms with Crippen LogP contribution >= 0.6 is 38.5 Å². The van der Waals surface area contributed by atoms with Gasteiger partial charge in [0.25, 0.3) is 0 Å². The number of nitrogens with one attached hydrogen (secondary N) is 1. The molecule has 0 amide bonds. The van der Waals surface area contributed by atoms with Gasteiger partial charge in [-0.05, 0) is 46.7 Å². The summed E-state index contributed by atoms with van der Waals surface area (Å²) in [6.45, 7) is 2.17. The highest BCUT2D eigenvalue weighted by molar-refractivity contribution is 14.1. The first kappa shape index (κ1) is 15.7. The molecular formula is C15H17BrIN3. The second-order valence-electron chi connectivity index (χ2n) is 4.55. The summed E-state index contributed by atoms with van der Waals surface area (Å²) >= 11 is 5.78.